The van der Waals surface area contributed by atoms with E-state index in [2.05, 4.69) is 16.5 Å². The first-order valence-corrected chi connectivity index (χ1v) is 5.18. The molecule has 0 amide bonds. The molecular formula is C6H10F3N2O3S+. The van der Waals surface area contributed by atoms with Crippen LogP contribution in [0.3, 0.4) is 0 Å². The molecule has 0 saturated carbocycles. The lowest BCUT2D eigenvalue weighted by Gasteiger charge is -1.97. The summed E-state index contributed by atoms with van der Waals surface area (Å²) in [7, 11) is -5.84. The fourth-order valence-electron chi connectivity index (χ4n) is 0.517. The summed E-state index contributed by atoms with van der Waals surface area (Å²) in [5.74, 6) is 0. The number of nitrogens with zero attached hydrogens (tertiary/aromatic N) is 1. The van der Waals surface area contributed by atoms with Gasteiger partial charge in [-0.2, -0.15) is 21.6 Å². The number of halogens is 3. The van der Waals surface area contributed by atoms with Crippen molar-refractivity contribution in [2.24, 2.45) is 0 Å². The Bertz CT molecular complexity index is 371. The maximum atomic E-state index is 10.7. The Morgan fingerprint density at radius 1 is 1.47 bits per heavy atom. The summed E-state index contributed by atoms with van der Waals surface area (Å²) >= 11 is 0. The van der Waals surface area contributed by atoms with Gasteiger partial charge in [0.1, 0.15) is 12.4 Å². The highest BCUT2D eigenvalue weighted by Crippen LogP contribution is 2.20. The van der Waals surface area contributed by atoms with Crippen LogP contribution in [-0.2, 0) is 16.7 Å². The smallest absolute Gasteiger partial charge is 0.279 e. The molecule has 1 aromatic rings. The van der Waals surface area contributed by atoms with Crippen LogP contribution in [-0.4, -0.2) is 23.5 Å². The summed E-state index contributed by atoms with van der Waals surface area (Å²) in [4.78, 5) is 2.94. The number of hydrogen-bond donors (Lipinski definition) is 2. The Morgan fingerprint density at radius 2 is 1.93 bits per heavy atom. The van der Waals surface area contributed by atoms with Crippen molar-refractivity contribution in [2.45, 2.75) is 19.0 Å². The second-order valence-corrected chi connectivity index (χ2v) is 3.78. The number of nitrogens with one attached hydrogen (secondary N) is 1. The fourth-order valence-corrected chi connectivity index (χ4v) is 0.517. The van der Waals surface area contributed by atoms with Gasteiger partial charge in [-0.15, -0.1) is 0 Å². The third-order valence-corrected chi connectivity index (χ3v) is 1.85. The van der Waals surface area contributed by atoms with Gasteiger partial charge in [-0.1, -0.05) is 0 Å². The quantitative estimate of drug-likeness (QED) is 0.436. The van der Waals surface area contributed by atoms with Crippen LogP contribution in [0, 0.1) is 0 Å². The highest BCUT2D eigenvalue weighted by molar-refractivity contribution is 7.86. The van der Waals surface area contributed by atoms with Crippen molar-refractivity contribution in [3.8, 4) is 0 Å². The highest BCUT2D eigenvalue weighted by atomic mass is 32.2. The molecule has 88 valence electrons. The minimum absolute atomic E-state index is 1.05. The molecule has 0 fully saturated rings. The standard InChI is InChI=1S/C5H8N2.CHF3O3S/c1-2-7-4-3-6-5-7;2-1(3,4)8(5,6)7/h3-5H,2H2,1H3;(H,5,6,7)/p+1. The summed E-state index contributed by atoms with van der Waals surface area (Å²) in [5, 5.41) is 0. The van der Waals surface area contributed by atoms with Crippen LogP contribution in [0.2, 0.25) is 0 Å². The van der Waals surface area contributed by atoms with E-state index in [1.165, 1.54) is 0 Å². The fraction of sp³-hybridized carbons (Fsp3) is 0.500. The van der Waals surface area contributed by atoms with Gasteiger partial charge >= 0.3 is 15.6 Å². The van der Waals surface area contributed by atoms with Gasteiger partial charge in [-0.05, 0) is 6.92 Å². The zero-order valence-corrected chi connectivity index (χ0v) is 8.51. The molecule has 0 aliphatic carbocycles. The van der Waals surface area contributed by atoms with Gasteiger partial charge in [0.25, 0.3) is 0 Å². The molecule has 2 N–H and O–H groups in total. The lowest BCUT2D eigenvalue weighted by molar-refractivity contribution is -0.692. The van der Waals surface area contributed by atoms with E-state index in [1.54, 1.807) is 0 Å². The first kappa shape index (κ1) is 13.9. The van der Waals surface area contributed by atoms with E-state index >= 15 is 0 Å². The van der Waals surface area contributed by atoms with Gasteiger partial charge in [0.05, 0.1) is 6.54 Å². The van der Waals surface area contributed by atoms with E-state index in [1.807, 2.05) is 18.7 Å². The minimum atomic E-state index is -5.84. The number of H-pyrrole nitrogens is 1. The molecule has 0 aliphatic rings. The molecule has 0 spiro atoms. The highest BCUT2D eigenvalue weighted by Gasteiger charge is 2.44. The summed E-state index contributed by atoms with van der Waals surface area (Å²) in [5.41, 5.74) is -5.53. The maximum Gasteiger partial charge on any atom is 0.522 e. The topological polar surface area (TPSA) is 74.0 Å². The molecular weight excluding hydrogens is 237 g/mol. The van der Waals surface area contributed by atoms with Crippen LogP contribution in [0.15, 0.2) is 18.7 Å². The van der Waals surface area contributed by atoms with Gasteiger partial charge in [0.2, 0.25) is 6.33 Å². The van der Waals surface area contributed by atoms with E-state index < -0.39 is 15.6 Å². The van der Waals surface area contributed by atoms with Crippen molar-refractivity contribution >= 4 is 10.1 Å². The molecule has 0 atom stereocenters. The second kappa shape index (κ2) is 5.12. The van der Waals surface area contributed by atoms with E-state index in [9.17, 15) is 13.2 Å². The predicted molar refractivity (Wildman–Crippen MR) is 44.3 cm³/mol. The normalized spacial score (nSPS) is 11.8. The number of aromatic nitrogens is 2. The van der Waals surface area contributed by atoms with Crippen molar-refractivity contribution < 1.29 is 30.7 Å². The van der Waals surface area contributed by atoms with E-state index in [0.29, 0.717) is 0 Å². The Kier molecular flexibility index (Phi) is 4.75. The zero-order valence-electron chi connectivity index (χ0n) is 7.69. The lowest BCUT2D eigenvalue weighted by atomic mass is 10.7. The SMILES string of the molecule is CC[n+]1cc[nH]c1.O=S(=O)(O)C(F)(F)F. The molecule has 0 unspecified atom stereocenters. The van der Waals surface area contributed by atoms with Crippen LogP contribution in [0.1, 0.15) is 6.92 Å². The first-order valence-electron chi connectivity index (χ1n) is 3.74. The zero-order chi connectivity index (χ0) is 12.1. The molecule has 1 heterocycles. The van der Waals surface area contributed by atoms with Crippen molar-refractivity contribution in [3.05, 3.63) is 18.7 Å². The average Bonchev–Trinajstić information content (AvgIpc) is 2.52. The molecule has 0 radical (unpaired) electrons. The van der Waals surface area contributed by atoms with E-state index in [-0.39, 0.29) is 0 Å². The summed E-state index contributed by atoms with van der Waals surface area (Å²) < 4.78 is 59.6. The minimum Gasteiger partial charge on any atom is -0.279 e. The average molecular weight is 247 g/mol. The Balaban J connectivity index is 0.000000262. The van der Waals surface area contributed by atoms with E-state index in [0.717, 1.165) is 6.54 Å². The molecule has 0 aliphatic heterocycles. The number of imidazole rings is 1. The van der Waals surface area contributed by atoms with Crippen LogP contribution in [0.25, 0.3) is 0 Å². The van der Waals surface area contributed by atoms with Crippen LogP contribution < -0.4 is 4.57 Å². The predicted octanol–water partition coefficient (Wildman–Crippen LogP) is 0.716. The maximum absolute atomic E-state index is 10.7. The van der Waals surface area contributed by atoms with Crippen molar-refractivity contribution in [1.29, 1.82) is 0 Å². The molecule has 5 nitrogen and oxygen atoms in total. The molecule has 1 aromatic heterocycles. The van der Waals surface area contributed by atoms with Crippen LogP contribution >= 0.6 is 0 Å². The number of rotatable bonds is 1. The summed E-state index contributed by atoms with van der Waals surface area (Å²) in [6, 6.07) is 0. The third-order valence-electron chi connectivity index (χ3n) is 1.26. The first-order chi connectivity index (χ1) is 6.68. The largest absolute Gasteiger partial charge is 0.522 e. The molecule has 1 rings (SSSR count). The van der Waals surface area contributed by atoms with Gasteiger partial charge in [-0.25, -0.2) is 4.57 Å². The summed E-state index contributed by atoms with van der Waals surface area (Å²) in [6.07, 6.45) is 5.84. The van der Waals surface area contributed by atoms with Crippen LogP contribution in [0.4, 0.5) is 13.2 Å². The van der Waals surface area contributed by atoms with E-state index in [4.69, 9.17) is 13.0 Å². The number of hydrogen-bond acceptors (Lipinski definition) is 2. The van der Waals surface area contributed by atoms with Crippen LogP contribution in [0.5, 0.6) is 0 Å². The third kappa shape index (κ3) is 5.37. The Hall–Kier alpha value is -1.09. The molecule has 15 heavy (non-hydrogen) atoms. The van der Waals surface area contributed by atoms with Gasteiger partial charge in [-0.3, -0.25) is 9.54 Å². The second-order valence-electron chi connectivity index (χ2n) is 2.36. The van der Waals surface area contributed by atoms with Gasteiger partial charge in [0.15, 0.2) is 0 Å². The molecule has 0 aromatic carbocycles. The molecule has 9 heteroatoms. The van der Waals surface area contributed by atoms with Gasteiger partial charge in [0, 0.05) is 0 Å². The number of aromatic amines is 1. The number of alkyl halides is 3. The number of aryl methyl sites for hydroxylation is 1. The lowest BCUT2D eigenvalue weighted by Crippen LogP contribution is -2.27. The van der Waals surface area contributed by atoms with Gasteiger partial charge < -0.3 is 0 Å². The monoisotopic (exact) mass is 247 g/mol. The Morgan fingerprint density at radius 3 is 2.07 bits per heavy atom. The Labute approximate surface area is 84.3 Å². The van der Waals surface area contributed by atoms with Crippen molar-refractivity contribution in [3.63, 3.8) is 0 Å². The van der Waals surface area contributed by atoms with Crippen molar-refractivity contribution in [1.82, 2.24) is 4.98 Å². The van der Waals surface area contributed by atoms with Crippen molar-refractivity contribution in [2.75, 3.05) is 0 Å². The molecule has 0 bridgehead atoms. The summed E-state index contributed by atoms with van der Waals surface area (Å²) in [6.45, 7) is 3.15. The molecule has 0 saturated heterocycles.